The molecule has 76 valence electrons. The van der Waals surface area contributed by atoms with E-state index < -0.39 is 0 Å². The van der Waals surface area contributed by atoms with Crippen molar-refractivity contribution < 1.29 is 0 Å². The predicted octanol–water partition coefficient (Wildman–Crippen LogP) is 4.58. The summed E-state index contributed by atoms with van der Waals surface area (Å²) in [6.45, 7) is 7.10. The monoisotopic (exact) mass is 292 g/mol. The predicted molar refractivity (Wildman–Crippen MR) is 68.4 cm³/mol. The van der Waals surface area contributed by atoms with E-state index in [-0.39, 0.29) is 0 Å². The fraction of sp³-hybridized carbons (Fsp3) is 0.833. The minimum Gasteiger partial charge on any atom is -0.0882 e. The van der Waals surface area contributed by atoms with Crippen LogP contribution in [0.15, 0.2) is 12.2 Å². The molecule has 0 saturated carbocycles. The van der Waals surface area contributed by atoms with Gasteiger partial charge in [0.25, 0.3) is 0 Å². The van der Waals surface area contributed by atoms with E-state index in [0.29, 0.717) is 3.42 Å². The molecule has 0 heterocycles. The Morgan fingerprint density at radius 2 is 2.31 bits per heavy atom. The van der Waals surface area contributed by atoms with E-state index in [0.717, 1.165) is 11.8 Å². The van der Waals surface area contributed by atoms with Crippen molar-refractivity contribution in [2.45, 2.75) is 49.9 Å². The molecule has 0 saturated heterocycles. The highest BCUT2D eigenvalue weighted by Gasteiger charge is 2.34. The van der Waals surface area contributed by atoms with Crippen molar-refractivity contribution in [2.24, 2.45) is 11.8 Å². The fourth-order valence-corrected chi connectivity index (χ4v) is 3.53. The van der Waals surface area contributed by atoms with Crippen molar-refractivity contribution in [3.05, 3.63) is 12.2 Å². The van der Waals surface area contributed by atoms with Crippen LogP contribution in [-0.4, -0.2) is 3.42 Å². The van der Waals surface area contributed by atoms with Gasteiger partial charge < -0.3 is 0 Å². The van der Waals surface area contributed by atoms with Gasteiger partial charge in [-0.1, -0.05) is 61.4 Å². The molecule has 0 aromatic carbocycles. The van der Waals surface area contributed by atoms with E-state index in [1.807, 2.05) is 0 Å². The lowest BCUT2D eigenvalue weighted by atomic mass is 9.76. The Morgan fingerprint density at radius 3 is 2.85 bits per heavy atom. The minimum atomic E-state index is 0.501. The number of allylic oxidation sites excluding steroid dienone is 2. The molecule has 0 radical (unpaired) electrons. The van der Waals surface area contributed by atoms with Crippen LogP contribution in [0.4, 0.5) is 0 Å². The van der Waals surface area contributed by atoms with Crippen LogP contribution in [0, 0.1) is 11.8 Å². The molecule has 0 N–H and O–H groups in total. The van der Waals surface area contributed by atoms with Crippen molar-refractivity contribution in [3.63, 3.8) is 0 Å². The Bertz CT molecular complexity index is 182. The van der Waals surface area contributed by atoms with Crippen LogP contribution in [0.5, 0.6) is 0 Å². The van der Waals surface area contributed by atoms with Gasteiger partial charge in [0.15, 0.2) is 0 Å². The molecular weight excluding hydrogens is 271 g/mol. The molecule has 0 aromatic heterocycles. The van der Waals surface area contributed by atoms with E-state index in [4.69, 9.17) is 0 Å². The van der Waals surface area contributed by atoms with Crippen LogP contribution < -0.4 is 0 Å². The van der Waals surface area contributed by atoms with Crippen LogP contribution in [0.2, 0.25) is 0 Å². The van der Waals surface area contributed by atoms with Gasteiger partial charge in [0, 0.05) is 3.42 Å². The zero-order valence-corrected chi connectivity index (χ0v) is 11.2. The zero-order chi connectivity index (χ0) is 9.90. The first-order valence-corrected chi connectivity index (χ1v) is 6.51. The molecule has 1 rings (SSSR count). The van der Waals surface area contributed by atoms with Gasteiger partial charge in [-0.05, 0) is 31.6 Å². The Morgan fingerprint density at radius 1 is 1.62 bits per heavy atom. The van der Waals surface area contributed by atoms with Crippen molar-refractivity contribution >= 4 is 22.6 Å². The molecule has 1 aliphatic carbocycles. The number of hydrogen-bond donors (Lipinski definition) is 0. The second kappa shape index (κ2) is 4.81. The highest BCUT2D eigenvalue weighted by Crippen LogP contribution is 2.42. The number of rotatable bonds is 3. The highest BCUT2D eigenvalue weighted by atomic mass is 127. The van der Waals surface area contributed by atoms with E-state index in [1.54, 1.807) is 0 Å². The quantitative estimate of drug-likeness (QED) is 0.406. The first kappa shape index (κ1) is 11.5. The van der Waals surface area contributed by atoms with Crippen molar-refractivity contribution in [1.29, 1.82) is 0 Å². The van der Waals surface area contributed by atoms with Gasteiger partial charge in [-0.15, -0.1) is 0 Å². The van der Waals surface area contributed by atoms with Crippen LogP contribution >= 0.6 is 22.6 Å². The molecule has 0 fully saturated rings. The maximum Gasteiger partial charge on any atom is 0.0262 e. The van der Waals surface area contributed by atoms with E-state index in [9.17, 15) is 0 Å². The smallest absolute Gasteiger partial charge is 0.0262 e. The Balaban J connectivity index is 2.64. The van der Waals surface area contributed by atoms with E-state index in [1.165, 1.54) is 25.7 Å². The summed E-state index contributed by atoms with van der Waals surface area (Å²) in [5.74, 6) is 1.64. The molecule has 1 heteroatoms. The van der Waals surface area contributed by atoms with E-state index in [2.05, 4.69) is 55.5 Å². The summed E-state index contributed by atoms with van der Waals surface area (Å²) < 4.78 is 0.501. The average Bonchev–Trinajstić information content (AvgIpc) is 2.03. The molecule has 0 aliphatic heterocycles. The van der Waals surface area contributed by atoms with Crippen LogP contribution in [0.25, 0.3) is 0 Å². The van der Waals surface area contributed by atoms with Gasteiger partial charge in [0.1, 0.15) is 0 Å². The van der Waals surface area contributed by atoms with Gasteiger partial charge in [-0.3, -0.25) is 0 Å². The molecule has 3 unspecified atom stereocenters. The first-order chi connectivity index (χ1) is 6.08. The Hall–Kier alpha value is 0.470. The summed E-state index contributed by atoms with van der Waals surface area (Å²) >= 11 is 2.66. The van der Waals surface area contributed by atoms with Crippen molar-refractivity contribution in [2.75, 3.05) is 0 Å². The fourth-order valence-electron chi connectivity index (χ4n) is 2.39. The summed E-state index contributed by atoms with van der Waals surface area (Å²) in [6.07, 6.45) is 10.1. The maximum atomic E-state index is 2.66. The lowest BCUT2D eigenvalue weighted by Gasteiger charge is -2.37. The lowest BCUT2D eigenvalue weighted by molar-refractivity contribution is 0.318. The zero-order valence-electron chi connectivity index (χ0n) is 9.02. The number of halogens is 1. The third-order valence-corrected chi connectivity index (χ3v) is 4.45. The number of hydrogen-bond acceptors (Lipinski definition) is 0. The average molecular weight is 292 g/mol. The van der Waals surface area contributed by atoms with Crippen molar-refractivity contribution in [3.8, 4) is 0 Å². The first-order valence-electron chi connectivity index (χ1n) is 5.43. The Labute approximate surface area is 96.3 Å². The van der Waals surface area contributed by atoms with Crippen LogP contribution in [0.3, 0.4) is 0 Å². The third-order valence-electron chi connectivity index (χ3n) is 3.20. The van der Waals surface area contributed by atoms with Gasteiger partial charge in [-0.25, -0.2) is 0 Å². The normalized spacial score (nSPS) is 36.2. The SMILES string of the molecule is CCCC(C)C1C=CCCC1(C)I. The molecule has 0 aromatic rings. The second-order valence-electron chi connectivity index (χ2n) is 4.54. The van der Waals surface area contributed by atoms with Gasteiger partial charge in [-0.2, -0.15) is 0 Å². The largest absolute Gasteiger partial charge is 0.0882 e. The Kier molecular flexibility index (Phi) is 4.27. The molecule has 0 amide bonds. The molecule has 13 heavy (non-hydrogen) atoms. The molecule has 0 spiro atoms. The summed E-state index contributed by atoms with van der Waals surface area (Å²) in [4.78, 5) is 0. The third kappa shape index (κ3) is 2.97. The summed E-state index contributed by atoms with van der Waals surface area (Å²) in [6, 6.07) is 0. The van der Waals surface area contributed by atoms with Gasteiger partial charge in [0.2, 0.25) is 0 Å². The van der Waals surface area contributed by atoms with Crippen LogP contribution in [0.1, 0.15) is 46.5 Å². The molecular formula is C12H21I. The summed E-state index contributed by atoms with van der Waals surface area (Å²) in [7, 11) is 0. The van der Waals surface area contributed by atoms with Gasteiger partial charge >= 0.3 is 0 Å². The minimum absolute atomic E-state index is 0.501. The standard InChI is InChI=1S/C12H21I/c1-4-7-10(2)11-8-5-6-9-12(11,3)13/h5,8,10-11H,4,6-7,9H2,1-3H3. The van der Waals surface area contributed by atoms with E-state index >= 15 is 0 Å². The topological polar surface area (TPSA) is 0 Å². The van der Waals surface area contributed by atoms with Crippen LogP contribution in [-0.2, 0) is 0 Å². The second-order valence-corrected chi connectivity index (χ2v) is 7.00. The summed E-state index contributed by atoms with van der Waals surface area (Å²) in [5, 5.41) is 0. The maximum absolute atomic E-state index is 2.66. The lowest BCUT2D eigenvalue weighted by Crippen LogP contribution is -2.33. The van der Waals surface area contributed by atoms with Gasteiger partial charge in [0.05, 0.1) is 0 Å². The van der Waals surface area contributed by atoms with Crippen molar-refractivity contribution in [1.82, 2.24) is 0 Å². The molecule has 0 nitrogen and oxygen atoms in total. The highest BCUT2D eigenvalue weighted by molar-refractivity contribution is 14.1. The molecule has 1 aliphatic rings. The molecule has 3 atom stereocenters. The summed E-state index contributed by atoms with van der Waals surface area (Å²) in [5.41, 5.74) is 0. The number of alkyl halides is 1. The molecule has 0 bridgehead atoms.